The Balaban J connectivity index is 1.97. The van der Waals surface area contributed by atoms with E-state index in [1.165, 1.54) is 0 Å². The first-order chi connectivity index (χ1) is 15.6. The summed E-state index contributed by atoms with van der Waals surface area (Å²) in [7, 11) is 1.61. The number of amides is 1. The zero-order chi connectivity index (χ0) is 22.7. The van der Waals surface area contributed by atoms with E-state index in [0.29, 0.717) is 41.6 Å². The standard InChI is InChI=1S/C25H26N4O3/c1-5-31-20-13-12-18(14-21(20)32-6-2)22-16(3)28-29-23(17-10-8-7-9-11-17)19(25(30)26-4)15-27-24(22)29/h7-15H,5-6H2,1-4H3,(H,26,30). The first-order valence-corrected chi connectivity index (χ1v) is 10.6. The van der Waals surface area contributed by atoms with Crippen molar-refractivity contribution < 1.29 is 14.3 Å². The molecule has 2 heterocycles. The Morgan fingerprint density at radius 3 is 2.41 bits per heavy atom. The van der Waals surface area contributed by atoms with E-state index in [0.717, 1.165) is 22.4 Å². The molecule has 0 aliphatic heterocycles. The minimum Gasteiger partial charge on any atom is -0.490 e. The predicted molar refractivity (Wildman–Crippen MR) is 124 cm³/mol. The first-order valence-electron chi connectivity index (χ1n) is 10.6. The molecule has 2 aromatic heterocycles. The Labute approximate surface area is 187 Å². The van der Waals surface area contributed by atoms with Crippen molar-refractivity contribution in [3.05, 3.63) is 66.0 Å². The zero-order valence-corrected chi connectivity index (χ0v) is 18.7. The Bertz CT molecular complexity index is 1270. The number of carbonyl (C=O) groups excluding carboxylic acids is 1. The fraction of sp³-hybridized carbons (Fsp3) is 0.240. The second-order valence-electron chi connectivity index (χ2n) is 7.19. The van der Waals surface area contributed by atoms with E-state index >= 15 is 0 Å². The summed E-state index contributed by atoms with van der Waals surface area (Å²) < 4.78 is 13.3. The van der Waals surface area contributed by atoms with Crippen molar-refractivity contribution in [1.82, 2.24) is 19.9 Å². The molecular formula is C25H26N4O3. The minimum atomic E-state index is -0.215. The molecular weight excluding hydrogens is 404 g/mol. The molecule has 0 aliphatic carbocycles. The highest BCUT2D eigenvalue weighted by molar-refractivity contribution is 6.00. The van der Waals surface area contributed by atoms with E-state index in [2.05, 4.69) is 10.3 Å². The van der Waals surface area contributed by atoms with Gasteiger partial charge < -0.3 is 14.8 Å². The van der Waals surface area contributed by atoms with Crippen LogP contribution in [0.2, 0.25) is 0 Å². The van der Waals surface area contributed by atoms with Gasteiger partial charge in [0.25, 0.3) is 5.91 Å². The van der Waals surface area contributed by atoms with Gasteiger partial charge in [0.2, 0.25) is 0 Å². The molecule has 0 saturated heterocycles. The van der Waals surface area contributed by atoms with Crippen LogP contribution in [0.1, 0.15) is 29.9 Å². The fourth-order valence-electron chi connectivity index (χ4n) is 3.81. The van der Waals surface area contributed by atoms with E-state index in [-0.39, 0.29) is 5.91 Å². The number of nitrogens with one attached hydrogen (secondary N) is 1. The third kappa shape index (κ3) is 3.77. The highest BCUT2D eigenvalue weighted by atomic mass is 16.5. The van der Waals surface area contributed by atoms with Crippen LogP contribution < -0.4 is 14.8 Å². The molecule has 0 atom stereocenters. The average Bonchev–Trinajstić information content (AvgIpc) is 3.15. The average molecular weight is 431 g/mol. The molecule has 2 aromatic carbocycles. The van der Waals surface area contributed by atoms with Crippen molar-refractivity contribution in [2.24, 2.45) is 0 Å². The Morgan fingerprint density at radius 2 is 1.72 bits per heavy atom. The monoisotopic (exact) mass is 430 g/mol. The number of aromatic nitrogens is 3. The maximum absolute atomic E-state index is 12.6. The van der Waals surface area contributed by atoms with E-state index in [9.17, 15) is 4.79 Å². The van der Waals surface area contributed by atoms with Gasteiger partial charge in [0.1, 0.15) is 0 Å². The van der Waals surface area contributed by atoms with Gasteiger partial charge in [-0.15, -0.1) is 0 Å². The van der Waals surface area contributed by atoms with Crippen molar-refractivity contribution in [3.63, 3.8) is 0 Å². The van der Waals surface area contributed by atoms with Crippen LogP contribution in [0.15, 0.2) is 54.7 Å². The van der Waals surface area contributed by atoms with Gasteiger partial charge in [0, 0.05) is 24.4 Å². The molecule has 0 unspecified atom stereocenters. The van der Waals surface area contributed by atoms with E-state index in [4.69, 9.17) is 14.6 Å². The number of fused-ring (bicyclic) bond motifs is 1. The van der Waals surface area contributed by atoms with Gasteiger partial charge in [-0.1, -0.05) is 36.4 Å². The molecule has 32 heavy (non-hydrogen) atoms. The molecule has 0 radical (unpaired) electrons. The van der Waals surface area contributed by atoms with Gasteiger partial charge in [-0.2, -0.15) is 5.10 Å². The van der Waals surface area contributed by atoms with E-state index < -0.39 is 0 Å². The molecule has 0 bridgehead atoms. The number of benzene rings is 2. The molecule has 7 heteroatoms. The van der Waals surface area contributed by atoms with Crippen LogP contribution >= 0.6 is 0 Å². The number of aryl methyl sites for hydroxylation is 1. The predicted octanol–water partition coefficient (Wildman–Crippen LogP) is 4.53. The van der Waals surface area contributed by atoms with Gasteiger partial charge in [0.15, 0.2) is 17.1 Å². The van der Waals surface area contributed by atoms with E-state index in [1.807, 2.05) is 69.3 Å². The topological polar surface area (TPSA) is 77.8 Å². The van der Waals surface area contributed by atoms with Gasteiger partial charge in [-0.3, -0.25) is 4.79 Å². The summed E-state index contributed by atoms with van der Waals surface area (Å²) in [5.74, 6) is 1.16. The molecule has 0 saturated carbocycles. The van der Waals surface area contributed by atoms with Crippen molar-refractivity contribution >= 4 is 11.6 Å². The molecule has 0 spiro atoms. The molecule has 1 N–H and O–H groups in total. The van der Waals surface area contributed by atoms with Crippen molar-refractivity contribution in [2.75, 3.05) is 20.3 Å². The lowest BCUT2D eigenvalue weighted by atomic mass is 10.0. The Hall–Kier alpha value is -3.87. The fourth-order valence-corrected chi connectivity index (χ4v) is 3.81. The summed E-state index contributed by atoms with van der Waals surface area (Å²) in [6, 6.07) is 15.6. The smallest absolute Gasteiger partial charge is 0.254 e. The van der Waals surface area contributed by atoms with E-state index in [1.54, 1.807) is 17.8 Å². The summed E-state index contributed by atoms with van der Waals surface area (Å²) in [5.41, 5.74) is 5.31. The number of nitrogens with zero attached hydrogens (tertiary/aromatic N) is 3. The lowest BCUT2D eigenvalue weighted by molar-refractivity contribution is 0.0963. The molecule has 4 rings (SSSR count). The number of ether oxygens (including phenoxy) is 2. The van der Waals surface area contributed by atoms with Crippen LogP contribution in [0.3, 0.4) is 0 Å². The highest BCUT2D eigenvalue weighted by Crippen LogP contribution is 2.37. The van der Waals surface area contributed by atoms with Crippen LogP contribution in [0, 0.1) is 6.92 Å². The molecule has 0 aliphatic rings. The second-order valence-corrected chi connectivity index (χ2v) is 7.19. The van der Waals surface area contributed by atoms with Gasteiger partial charge >= 0.3 is 0 Å². The maximum Gasteiger partial charge on any atom is 0.254 e. The summed E-state index contributed by atoms with van der Waals surface area (Å²) >= 11 is 0. The SMILES string of the molecule is CCOc1ccc(-c2c(C)nn3c(-c4ccccc4)c(C(=O)NC)cnc23)cc1OCC. The summed E-state index contributed by atoms with van der Waals surface area (Å²) in [6.07, 6.45) is 1.61. The second kappa shape index (κ2) is 9.09. The lowest BCUT2D eigenvalue weighted by Gasteiger charge is -2.13. The highest BCUT2D eigenvalue weighted by Gasteiger charge is 2.22. The normalized spacial score (nSPS) is 10.9. The quantitative estimate of drug-likeness (QED) is 0.466. The maximum atomic E-state index is 12.6. The van der Waals surface area contributed by atoms with Gasteiger partial charge in [-0.25, -0.2) is 9.50 Å². The molecule has 164 valence electrons. The largest absolute Gasteiger partial charge is 0.490 e. The van der Waals surface area contributed by atoms with Crippen LogP contribution in [0.25, 0.3) is 28.0 Å². The van der Waals surface area contributed by atoms with Crippen molar-refractivity contribution in [2.45, 2.75) is 20.8 Å². The molecule has 1 amide bonds. The number of hydrogen-bond donors (Lipinski definition) is 1. The number of rotatable bonds is 7. The first kappa shape index (κ1) is 21.4. The van der Waals surface area contributed by atoms with Crippen LogP contribution in [0.4, 0.5) is 0 Å². The van der Waals surface area contributed by atoms with Crippen molar-refractivity contribution in [1.29, 1.82) is 0 Å². The minimum absolute atomic E-state index is 0.215. The molecule has 0 fully saturated rings. The lowest BCUT2D eigenvalue weighted by Crippen LogP contribution is -2.20. The van der Waals surface area contributed by atoms with Crippen LogP contribution in [-0.2, 0) is 0 Å². The number of hydrogen-bond acceptors (Lipinski definition) is 5. The van der Waals surface area contributed by atoms with Crippen LogP contribution in [0.5, 0.6) is 11.5 Å². The number of carbonyl (C=O) groups is 1. The summed E-state index contributed by atoms with van der Waals surface area (Å²) in [4.78, 5) is 17.2. The molecule has 4 aromatic rings. The van der Waals surface area contributed by atoms with Gasteiger partial charge in [-0.05, 0) is 38.5 Å². The van der Waals surface area contributed by atoms with Gasteiger partial charge in [0.05, 0.1) is 30.2 Å². The molecule has 7 nitrogen and oxygen atoms in total. The van der Waals surface area contributed by atoms with Crippen LogP contribution in [-0.4, -0.2) is 40.8 Å². The third-order valence-electron chi connectivity index (χ3n) is 5.17. The summed E-state index contributed by atoms with van der Waals surface area (Å²) in [5, 5.41) is 7.48. The Kier molecular flexibility index (Phi) is 6.07. The third-order valence-corrected chi connectivity index (χ3v) is 5.17. The summed E-state index contributed by atoms with van der Waals surface area (Å²) in [6.45, 7) is 6.91. The van der Waals surface area contributed by atoms with Crippen molar-refractivity contribution in [3.8, 4) is 33.9 Å². The zero-order valence-electron chi connectivity index (χ0n) is 18.7. The Morgan fingerprint density at radius 1 is 1.00 bits per heavy atom.